The molecule has 0 nitrogen and oxygen atoms in total. The zero-order valence-corrected chi connectivity index (χ0v) is 9.47. The number of hydrogen-bond acceptors (Lipinski definition) is 0. The van der Waals surface area contributed by atoms with E-state index in [1.54, 1.807) is 0 Å². The predicted molar refractivity (Wildman–Crippen MR) is 44.6 cm³/mol. The first kappa shape index (κ1) is 11.1. The summed E-state index contributed by atoms with van der Waals surface area (Å²) in [6.45, 7) is 10.9. The molecule has 11 heavy (non-hydrogen) atoms. The fourth-order valence-electron chi connectivity index (χ4n) is 1.41. The second-order valence-corrected chi connectivity index (χ2v) is 3.62. The Bertz CT molecular complexity index is 219. The summed E-state index contributed by atoms with van der Waals surface area (Å²) in [5.74, 6) is 0. The van der Waals surface area contributed by atoms with Gasteiger partial charge in [0.2, 0.25) is 0 Å². The summed E-state index contributed by atoms with van der Waals surface area (Å²) in [4.78, 5) is 0. The van der Waals surface area contributed by atoms with Crippen molar-refractivity contribution in [1.29, 1.82) is 0 Å². The van der Waals surface area contributed by atoms with E-state index in [2.05, 4.69) is 40.7 Å². The fourth-order valence-corrected chi connectivity index (χ4v) is 1.41. The minimum absolute atomic E-state index is 0. The fraction of sp³-hybridized carbons (Fsp3) is 0.600. The SMILES string of the molecule is CC1=[C-]C(C)(C)C(C)=C1C.[Rh+2]. The molecule has 1 radical (unpaired) electrons. The minimum atomic E-state index is 0. The molecule has 0 spiro atoms. The van der Waals surface area contributed by atoms with Crippen LogP contribution in [-0.2, 0) is 19.5 Å². The summed E-state index contributed by atoms with van der Waals surface area (Å²) in [6.07, 6.45) is 3.44. The van der Waals surface area contributed by atoms with Gasteiger partial charge in [-0.2, -0.15) is 11.1 Å². The van der Waals surface area contributed by atoms with Crippen molar-refractivity contribution in [3.05, 3.63) is 22.8 Å². The maximum atomic E-state index is 3.44. The average molecular weight is 238 g/mol. The van der Waals surface area contributed by atoms with Crippen molar-refractivity contribution in [3.8, 4) is 0 Å². The third-order valence-electron chi connectivity index (χ3n) is 2.56. The predicted octanol–water partition coefficient (Wildman–Crippen LogP) is 3.11. The van der Waals surface area contributed by atoms with Crippen LogP contribution in [0.25, 0.3) is 0 Å². The van der Waals surface area contributed by atoms with Crippen LogP contribution in [0, 0.1) is 11.5 Å². The molecule has 63 valence electrons. The summed E-state index contributed by atoms with van der Waals surface area (Å²) >= 11 is 0. The van der Waals surface area contributed by atoms with Gasteiger partial charge in [-0.05, 0) is 0 Å². The van der Waals surface area contributed by atoms with Crippen LogP contribution in [0.5, 0.6) is 0 Å². The standard InChI is InChI=1S/C10H15.Rh/c1-7-6-10(4,5)9(3)8(7)2;/h1-5H3;/q-1;+2. The van der Waals surface area contributed by atoms with Crippen molar-refractivity contribution in [2.45, 2.75) is 34.6 Å². The first-order valence-electron chi connectivity index (χ1n) is 3.75. The molecule has 1 aliphatic rings. The second-order valence-electron chi connectivity index (χ2n) is 3.62. The molecule has 0 fully saturated rings. The van der Waals surface area contributed by atoms with Crippen LogP contribution in [0.1, 0.15) is 34.6 Å². The summed E-state index contributed by atoms with van der Waals surface area (Å²) < 4.78 is 0. The summed E-state index contributed by atoms with van der Waals surface area (Å²) in [6, 6.07) is 0. The Kier molecular flexibility index (Phi) is 3.26. The molecule has 1 rings (SSSR count). The van der Waals surface area contributed by atoms with Crippen LogP contribution < -0.4 is 0 Å². The van der Waals surface area contributed by atoms with Gasteiger partial charge in [-0.15, -0.1) is 6.92 Å². The zero-order chi connectivity index (χ0) is 7.94. The second kappa shape index (κ2) is 3.23. The van der Waals surface area contributed by atoms with Crippen molar-refractivity contribution in [2.75, 3.05) is 0 Å². The van der Waals surface area contributed by atoms with E-state index < -0.39 is 0 Å². The molecule has 0 saturated heterocycles. The Morgan fingerprint density at radius 1 is 1.09 bits per heavy atom. The molecular weight excluding hydrogens is 223 g/mol. The Morgan fingerprint density at radius 2 is 1.55 bits per heavy atom. The molecule has 0 aliphatic heterocycles. The van der Waals surface area contributed by atoms with Crippen LogP contribution in [0.15, 0.2) is 16.7 Å². The third-order valence-corrected chi connectivity index (χ3v) is 2.56. The van der Waals surface area contributed by atoms with Crippen LogP contribution >= 0.6 is 0 Å². The molecule has 0 amide bonds. The summed E-state index contributed by atoms with van der Waals surface area (Å²) in [5.41, 5.74) is 4.39. The smallest absolute Gasteiger partial charge is 0.263 e. The van der Waals surface area contributed by atoms with E-state index in [-0.39, 0.29) is 24.9 Å². The molecular formula is C10H15Rh+. The molecule has 0 N–H and O–H groups in total. The van der Waals surface area contributed by atoms with Gasteiger partial charge < -0.3 is 0 Å². The number of allylic oxidation sites excluding steroid dienone is 4. The molecule has 0 heterocycles. The van der Waals surface area contributed by atoms with Gasteiger partial charge in [-0.1, -0.05) is 33.1 Å². The Hall–Kier alpha value is 0.103. The van der Waals surface area contributed by atoms with Crippen molar-refractivity contribution in [1.82, 2.24) is 0 Å². The van der Waals surface area contributed by atoms with Crippen molar-refractivity contribution in [3.63, 3.8) is 0 Å². The Labute approximate surface area is 82.5 Å². The maximum Gasteiger partial charge on any atom is 2.00 e. The van der Waals surface area contributed by atoms with E-state index in [0.29, 0.717) is 0 Å². The van der Waals surface area contributed by atoms with Crippen LogP contribution in [-0.4, -0.2) is 0 Å². The zero-order valence-electron chi connectivity index (χ0n) is 7.83. The largest absolute Gasteiger partial charge is 2.00 e. The van der Waals surface area contributed by atoms with Gasteiger partial charge in [-0.25, -0.2) is 5.57 Å². The summed E-state index contributed by atoms with van der Waals surface area (Å²) in [5, 5.41) is 0. The van der Waals surface area contributed by atoms with Gasteiger partial charge in [-0.3, -0.25) is 6.08 Å². The monoisotopic (exact) mass is 238 g/mol. The van der Waals surface area contributed by atoms with E-state index in [4.69, 9.17) is 0 Å². The Balaban J connectivity index is 0.000001000. The van der Waals surface area contributed by atoms with Gasteiger partial charge in [0.1, 0.15) is 0 Å². The molecule has 1 heteroatoms. The van der Waals surface area contributed by atoms with Crippen molar-refractivity contribution < 1.29 is 19.5 Å². The van der Waals surface area contributed by atoms with E-state index >= 15 is 0 Å². The van der Waals surface area contributed by atoms with Crippen molar-refractivity contribution in [2.24, 2.45) is 5.41 Å². The molecule has 0 aromatic carbocycles. The van der Waals surface area contributed by atoms with Crippen molar-refractivity contribution >= 4 is 0 Å². The van der Waals surface area contributed by atoms with Crippen LogP contribution in [0.3, 0.4) is 0 Å². The maximum absolute atomic E-state index is 3.44. The molecule has 0 saturated carbocycles. The first-order valence-corrected chi connectivity index (χ1v) is 3.75. The molecule has 0 aromatic rings. The number of hydrogen-bond donors (Lipinski definition) is 0. The average Bonchev–Trinajstić information content (AvgIpc) is 1.95. The van der Waals surface area contributed by atoms with Gasteiger partial charge in [0, 0.05) is 0 Å². The van der Waals surface area contributed by atoms with Gasteiger partial charge in [0.25, 0.3) is 0 Å². The van der Waals surface area contributed by atoms with Crippen LogP contribution in [0.4, 0.5) is 0 Å². The van der Waals surface area contributed by atoms with E-state index in [1.807, 2.05) is 0 Å². The quantitative estimate of drug-likeness (QED) is 0.449. The van der Waals surface area contributed by atoms with E-state index in [0.717, 1.165) is 0 Å². The van der Waals surface area contributed by atoms with Gasteiger partial charge in [0.05, 0.1) is 0 Å². The van der Waals surface area contributed by atoms with Gasteiger partial charge >= 0.3 is 19.5 Å². The Morgan fingerprint density at radius 3 is 1.64 bits per heavy atom. The summed E-state index contributed by atoms with van der Waals surface area (Å²) in [7, 11) is 0. The normalized spacial score (nSPS) is 21.4. The van der Waals surface area contributed by atoms with Crippen LogP contribution in [0.2, 0.25) is 0 Å². The van der Waals surface area contributed by atoms with E-state index in [9.17, 15) is 0 Å². The first-order chi connectivity index (χ1) is 4.45. The number of rotatable bonds is 0. The molecule has 1 aliphatic carbocycles. The molecule has 0 unspecified atom stereocenters. The van der Waals surface area contributed by atoms with E-state index in [1.165, 1.54) is 16.7 Å². The van der Waals surface area contributed by atoms with Gasteiger partial charge in [0.15, 0.2) is 0 Å². The molecule has 0 aromatic heterocycles. The topological polar surface area (TPSA) is 0 Å². The molecule has 0 bridgehead atoms. The minimum Gasteiger partial charge on any atom is -0.263 e. The molecule has 0 atom stereocenters. The third kappa shape index (κ3) is 1.82.